The van der Waals surface area contributed by atoms with Crippen LogP contribution in [0.4, 0.5) is 11.4 Å². The van der Waals surface area contributed by atoms with Gasteiger partial charge in [0.15, 0.2) is 0 Å². The Morgan fingerprint density at radius 2 is 1.42 bits per heavy atom. The minimum absolute atomic E-state index is 0.0324. The van der Waals surface area contributed by atoms with E-state index >= 15 is 0 Å². The zero-order valence-corrected chi connectivity index (χ0v) is 20.1. The van der Waals surface area contributed by atoms with E-state index in [1.807, 2.05) is 12.1 Å². The first kappa shape index (κ1) is 24.1. The van der Waals surface area contributed by atoms with E-state index in [1.54, 1.807) is 36.4 Å². The van der Waals surface area contributed by atoms with Gasteiger partial charge in [0.05, 0.1) is 30.5 Å². The maximum Gasteiger partial charge on any atom is 0.262 e. The number of amides is 1. The van der Waals surface area contributed by atoms with Crippen LogP contribution in [0.25, 0.3) is 0 Å². The molecule has 3 rings (SSSR count). The lowest BCUT2D eigenvalue weighted by molar-refractivity contribution is 0.102. The maximum absolute atomic E-state index is 13.0. The first-order valence-electron chi connectivity index (χ1n) is 10.3. The van der Waals surface area contributed by atoms with Crippen molar-refractivity contribution in [1.82, 2.24) is 0 Å². The number of hydrogen-bond donors (Lipinski definition) is 2. The molecule has 0 aromatic heterocycles. The lowest BCUT2D eigenvalue weighted by Crippen LogP contribution is -2.16. The van der Waals surface area contributed by atoms with Crippen molar-refractivity contribution in [3.8, 4) is 11.5 Å². The van der Waals surface area contributed by atoms with Gasteiger partial charge in [0.25, 0.3) is 15.9 Å². The molecule has 3 aromatic rings. The third-order valence-electron chi connectivity index (χ3n) is 5.09. The number of carbonyl (C=O) groups is 1. The molecule has 0 spiro atoms. The summed E-state index contributed by atoms with van der Waals surface area (Å²) in [6, 6.07) is 18.3. The summed E-state index contributed by atoms with van der Waals surface area (Å²) in [5.74, 6) is 0.355. The van der Waals surface area contributed by atoms with Crippen LogP contribution < -0.4 is 19.5 Å². The fourth-order valence-corrected chi connectivity index (χ4v) is 4.30. The predicted molar refractivity (Wildman–Crippen MR) is 130 cm³/mol. The number of nitrogens with one attached hydrogen (secondary N) is 2. The molecule has 3 aromatic carbocycles. The molecule has 0 saturated carbocycles. The lowest BCUT2D eigenvalue weighted by Gasteiger charge is -2.19. The van der Waals surface area contributed by atoms with Crippen molar-refractivity contribution >= 4 is 27.3 Å². The SMILES string of the molecule is COc1ccc(S(=O)(=O)Nc2ccccc2OC)cc1NC(=O)c1ccc(C(C)(C)C)cc1. The smallest absolute Gasteiger partial charge is 0.262 e. The van der Waals surface area contributed by atoms with E-state index in [1.165, 1.54) is 32.4 Å². The number of anilines is 2. The summed E-state index contributed by atoms with van der Waals surface area (Å²) in [6.45, 7) is 6.29. The molecule has 0 radical (unpaired) electrons. The molecule has 0 aliphatic rings. The molecule has 7 nitrogen and oxygen atoms in total. The molecular weight excluding hydrogens is 440 g/mol. The third-order valence-corrected chi connectivity index (χ3v) is 6.46. The highest BCUT2D eigenvalue weighted by Crippen LogP contribution is 2.31. The van der Waals surface area contributed by atoms with Crippen LogP contribution in [0.3, 0.4) is 0 Å². The van der Waals surface area contributed by atoms with Gasteiger partial charge in [0.2, 0.25) is 0 Å². The first-order valence-corrected chi connectivity index (χ1v) is 11.8. The summed E-state index contributed by atoms with van der Waals surface area (Å²) in [5, 5.41) is 2.75. The highest BCUT2D eigenvalue weighted by Gasteiger charge is 2.20. The molecular formula is C25H28N2O5S. The van der Waals surface area contributed by atoms with Crippen molar-refractivity contribution in [2.24, 2.45) is 0 Å². The second-order valence-corrected chi connectivity index (χ2v) is 10.1. The minimum atomic E-state index is -3.95. The Kier molecular flexibility index (Phi) is 6.98. The molecule has 0 aliphatic heterocycles. The van der Waals surface area contributed by atoms with Crippen LogP contribution in [-0.2, 0) is 15.4 Å². The van der Waals surface area contributed by atoms with E-state index in [4.69, 9.17) is 9.47 Å². The molecule has 8 heteroatoms. The van der Waals surface area contributed by atoms with Gasteiger partial charge in [-0.05, 0) is 53.4 Å². The van der Waals surface area contributed by atoms with Gasteiger partial charge in [-0.2, -0.15) is 0 Å². The van der Waals surface area contributed by atoms with Crippen molar-refractivity contribution < 1.29 is 22.7 Å². The van der Waals surface area contributed by atoms with Gasteiger partial charge in [0.1, 0.15) is 11.5 Å². The van der Waals surface area contributed by atoms with Crippen LogP contribution in [0.1, 0.15) is 36.7 Å². The van der Waals surface area contributed by atoms with Crippen molar-refractivity contribution in [1.29, 1.82) is 0 Å². The van der Waals surface area contributed by atoms with Crippen LogP contribution in [0.2, 0.25) is 0 Å². The molecule has 2 N–H and O–H groups in total. The average Bonchev–Trinajstić information content (AvgIpc) is 2.78. The molecule has 0 aliphatic carbocycles. The van der Waals surface area contributed by atoms with Crippen molar-refractivity contribution in [3.05, 3.63) is 77.9 Å². The summed E-state index contributed by atoms with van der Waals surface area (Å²) >= 11 is 0. The van der Waals surface area contributed by atoms with Gasteiger partial charge in [-0.25, -0.2) is 8.42 Å². The first-order chi connectivity index (χ1) is 15.5. The van der Waals surface area contributed by atoms with Crippen LogP contribution in [-0.4, -0.2) is 28.5 Å². The number of carbonyl (C=O) groups excluding carboxylic acids is 1. The van der Waals surface area contributed by atoms with Crippen LogP contribution in [0, 0.1) is 0 Å². The summed E-state index contributed by atoms with van der Waals surface area (Å²) in [7, 11) is -1.04. The number of ether oxygens (including phenoxy) is 2. The molecule has 0 heterocycles. The van der Waals surface area contributed by atoms with E-state index < -0.39 is 10.0 Å². The molecule has 33 heavy (non-hydrogen) atoms. The van der Waals surface area contributed by atoms with Crippen molar-refractivity contribution in [3.63, 3.8) is 0 Å². The monoisotopic (exact) mass is 468 g/mol. The van der Waals surface area contributed by atoms with E-state index in [9.17, 15) is 13.2 Å². The van der Waals surface area contributed by atoms with E-state index in [0.29, 0.717) is 22.7 Å². The Morgan fingerprint density at radius 1 is 0.818 bits per heavy atom. The maximum atomic E-state index is 13.0. The largest absolute Gasteiger partial charge is 0.495 e. The number of rotatable bonds is 7. The number of hydrogen-bond acceptors (Lipinski definition) is 5. The van der Waals surface area contributed by atoms with E-state index in [-0.39, 0.29) is 21.9 Å². The van der Waals surface area contributed by atoms with Crippen LogP contribution in [0.15, 0.2) is 71.6 Å². The molecule has 1 amide bonds. The number of methoxy groups -OCH3 is 2. The number of sulfonamides is 1. The van der Waals surface area contributed by atoms with Crippen molar-refractivity contribution in [2.75, 3.05) is 24.3 Å². The fourth-order valence-electron chi connectivity index (χ4n) is 3.20. The predicted octanol–water partition coefficient (Wildman–Crippen LogP) is 5.05. The second kappa shape index (κ2) is 9.54. The lowest BCUT2D eigenvalue weighted by atomic mass is 9.87. The molecule has 0 bridgehead atoms. The summed E-state index contributed by atoms with van der Waals surface area (Å²) in [4.78, 5) is 12.8. The molecule has 0 unspecified atom stereocenters. The van der Waals surface area contributed by atoms with Gasteiger partial charge < -0.3 is 14.8 Å². The Bertz CT molecular complexity index is 1250. The highest BCUT2D eigenvalue weighted by atomic mass is 32.2. The zero-order chi connectivity index (χ0) is 24.2. The Hall–Kier alpha value is -3.52. The standard InChI is InChI=1S/C25H28N2O5S/c1-25(2,3)18-12-10-17(11-13-18)24(28)26-21-16-19(14-15-23(21)32-5)33(29,30)27-20-8-6-7-9-22(20)31-4/h6-16,27H,1-5H3,(H,26,28). The van der Waals surface area contributed by atoms with E-state index in [2.05, 4.69) is 30.8 Å². The summed E-state index contributed by atoms with van der Waals surface area (Å²) in [5.41, 5.74) is 2.07. The van der Waals surface area contributed by atoms with Gasteiger partial charge in [-0.3, -0.25) is 9.52 Å². The summed E-state index contributed by atoms with van der Waals surface area (Å²) < 4.78 is 39.0. The molecule has 0 fully saturated rings. The van der Waals surface area contributed by atoms with Gasteiger partial charge in [-0.15, -0.1) is 0 Å². The minimum Gasteiger partial charge on any atom is -0.495 e. The van der Waals surface area contributed by atoms with Gasteiger partial charge in [-0.1, -0.05) is 45.0 Å². The Morgan fingerprint density at radius 3 is 2.03 bits per heavy atom. The second-order valence-electron chi connectivity index (χ2n) is 8.45. The average molecular weight is 469 g/mol. The van der Waals surface area contributed by atoms with E-state index in [0.717, 1.165) is 5.56 Å². The topological polar surface area (TPSA) is 93.7 Å². The van der Waals surface area contributed by atoms with Gasteiger partial charge in [0, 0.05) is 5.56 Å². The van der Waals surface area contributed by atoms with Crippen molar-refractivity contribution in [2.45, 2.75) is 31.1 Å². The Balaban J connectivity index is 1.88. The molecule has 174 valence electrons. The quantitative estimate of drug-likeness (QED) is 0.506. The molecule has 0 saturated heterocycles. The normalized spacial score (nSPS) is 11.5. The fraction of sp³-hybridized carbons (Fsp3) is 0.240. The highest BCUT2D eigenvalue weighted by molar-refractivity contribution is 7.92. The third kappa shape index (κ3) is 5.64. The zero-order valence-electron chi connectivity index (χ0n) is 19.3. The molecule has 0 atom stereocenters. The van der Waals surface area contributed by atoms with Crippen LogP contribution >= 0.6 is 0 Å². The number of para-hydroxylation sites is 2. The Labute approximate surface area is 194 Å². The number of benzene rings is 3. The summed E-state index contributed by atoms with van der Waals surface area (Å²) in [6.07, 6.45) is 0. The van der Waals surface area contributed by atoms with Gasteiger partial charge >= 0.3 is 0 Å². The van der Waals surface area contributed by atoms with Crippen LogP contribution in [0.5, 0.6) is 11.5 Å².